The van der Waals surface area contributed by atoms with Crippen molar-refractivity contribution in [1.29, 1.82) is 0 Å². The Labute approximate surface area is 158 Å². The van der Waals surface area contributed by atoms with Gasteiger partial charge in [-0.15, -0.1) is 0 Å². The molecule has 1 aliphatic heterocycles. The molecular weight excluding hydrogens is 338 g/mol. The molecule has 1 atom stereocenters. The van der Waals surface area contributed by atoms with Gasteiger partial charge in [0.2, 0.25) is 0 Å². The van der Waals surface area contributed by atoms with Crippen LogP contribution in [0.4, 0.5) is 0 Å². The normalized spacial score (nSPS) is 21.1. The number of aromatic nitrogens is 4. The van der Waals surface area contributed by atoms with E-state index in [-0.39, 0.29) is 17.2 Å². The molecule has 1 saturated heterocycles. The van der Waals surface area contributed by atoms with Crippen molar-refractivity contribution in [3.63, 3.8) is 0 Å². The van der Waals surface area contributed by atoms with Gasteiger partial charge < -0.3 is 9.88 Å². The highest BCUT2D eigenvalue weighted by molar-refractivity contribution is 5.98. The number of rotatable bonds is 4. The first-order valence-corrected chi connectivity index (χ1v) is 9.96. The summed E-state index contributed by atoms with van der Waals surface area (Å²) in [7, 11) is 0. The van der Waals surface area contributed by atoms with Crippen molar-refractivity contribution < 1.29 is 4.79 Å². The van der Waals surface area contributed by atoms with Crippen molar-refractivity contribution in [1.82, 2.24) is 25.1 Å². The molecule has 1 amide bonds. The van der Waals surface area contributed by atoms with Gasteiger partial charge in [0.15, 0.2) is 5.82 Å². The molecule has 2 aliphatic rings. The predicted octanol–water partition coefficient (Wildman–Crippen LogP) is 3.65. The molecule has 140 valence electrons. The lowest BCUT2D eigenvalue weighted by atomic mass is 9.62. The smallest absolute Gasteiger partial charge is 0.253 e. The van der Waals surface area contributed by atoms with Gasteiger partial charge in [0, 0.05) is 42.7 Å². The van der Waals surface area contributed by atoms with Gasteiger partial charge in [0.05, 0.1) is 0 Å². The van der Waals surface area contributed by atoms with Crippen LogP contribution >= 0.6 is 0 Å². The molecule has 5 rings (SSSR count). The zero-order valence-electron chi connectivity index (χ0n) is 15.7. The largest absolute Gasteiger partial charge is 0.361 e. The van der Waals surface area contributed by atoms with Gasteiger partial charge in [-0.2, -0.15) is 5.10 Å². The minimum Gasteiger partial charge on any atom is -0.361 e. The number of H-pyrrole nitrogens is 2. The van der Waals surface area contributed by atoms with E-state index >= 15 is 0 Å². The van der Waals surface area contributed by atoms with Crippen molar-refractivity contribution >= 4 is 16.8 Å². The predicted molar refractivity (Wildman–Crippen MR) is 104 cm³/mol. The Kier molecular flexibility index (Phi) is 3.81. The molecule has 1 aromatic carbocycles. The number of likely N-dealkylation sites (tertiary alicyclic amines) is 1. The summed E-state index contributed by atoms with van der Waals surface area (Å²) in [6.07, 6.45) is 7.44. The Hall–Kier alpha value is -2.63. The number of aromatic amines is 2. The summed E-state index contributed by atoms with van der Waals surface area (Å²) in [5.41, 5.74) is 1.92. The number of hydrogen-bond donors (Lipinski definition) is 2. The van der Waals surface area contributed by atoms with E-state index in [1.165, 1.54) is 6.42 Å². The summed E-state index contributed by atoms with van der Waals surface area (Å²) in [5, 5.41) is 8.74. The SMILES string of the molecule is CCCc1nc(C2CN(C(=O)c3ccc4cc[nH]c4c3)CC23CCC3)n[nH]1. The number of carbonyl (C=O) groups is 1. The first-order chi connectivity index (χ1) is 13.2. The highest BCUT2D eigenvalue weighted by atomic mass is 16.2. The van der Waals surface area contributed by atoms with E-state index in [4.69, 9.17) is 4.98 Å². The van der Waals surface area contributed by atoms with Crippen LogP contribution in [-0.4, -0.2) is 44.1 Å². The highest BCUT2D eigenvalue weighted by Crippen LogP contribution is 2.55. The Morgan fingerprint density at radius 3 is 3.00 bits per heavy atom. The van der Waals surface area contributed by atoms with Crippen LogP contribution in [0.25, 0.3) is 10.9 Å². The summed E-state index contributed by atoms with van der Waals surface area (Å²) in [4.78, 5) is 23.2. The fraction of sp³-hybridized carbons (Fsp3) is 0.476. The first-order valence-electron chi connectivity index (χ1n) is 9.96. The Morgan fingerprint density at radius 2 is 2.22 bits per heavy atom. The third kappa shape index (κ3) is 2.66. The lowest BCUT2D eigenvalue weighted by Gasteiger charge is -2.41. The molecular formula is C21H25N5O. The number of hydrogen-bond acceptors (Lipinski definition) is 3. The molecule has 1 aliphatic carbocycles. The van der Waals surface area contributed by atoms with Gasteiger partial charge in [0.1, 0.15) is 5.82 Å². The summed E-state index contributed by atoms with van der Waals surface area (Å²) in [6.45, 7) is 3.68. The summed E-state index contributed by atoms with van der Waals surface area (Å²) >= 11 is 0. The minimum absolute atomic E-state index is 0.115. The van der Waals surface area contributed by atoms with Gasteiger partial charge in [0.25, 0.3) is 5.91 Å². The molecule has 0 bridgehead atoms. The van der Waals surface area contributed by atoms with Crippen LogP contribution in [0, 0.1) is 5.41 Å². The van der Waals surface area contributed by atoms with Crippen molar-refractivity contribution in [2.24, 2.45) is 5.41 Å². The maximum Gasteiger partial charge on any atom is 0.253 e. The molecule has 1 saturated carbocycles. The standard InChI is InChI=1S/C21H25N5O/c1-2-4-18-23-19(25-24-18)16-12-26(13-21(16)8-3-9-21)20(27)15-6-5-14-7-10-22-17(14)11-15/h5-7,10-11,16,22H,2-4,8-9,12-13H2,1H3,(H,23,24,25). The lowest BCUT2D eigenvalue weighted by Crippen LogP contribution is -2.38. The Morgan fingerprint density at radius 1 is 1.33 bits per heavy atom. The van der Waals surface area contributed by atoms with Crippen molar-refractivity contribution in [3.05, 3.63) is 47.7 Å². The highest BCUT2D eigenvalue weighted by Gasteiger charge is 2.53. The van der Waals surface area contributed by atoms with E-state index in [0.29, 0.717) is 6.54 Å². The lowest BCUT2D eigenvalue weighted by molar-refractivity contribution is 0.0724. The molecule has 6 heteroatoms. The molecule has 0 radical (unpaired) electrons. The third-order valence-electron chi connectivity index (χ3n) is 6.43. The van der Waals surface area contributed by atoms with Crippen LogP contribution in [0.3, 0.4) is 0 Å². The van der Waals surface area contributed by atoms with E-state index in [1.54, 1.807) is 0 Å². The average molecular weight is 363 g/mol. The van der Waals surface area contributed by atoms with Crippen LogP contribution < -0.4 is 0 Å². The third-order valence-corrected chi connectivity index (χ3v) is 6.43. The number of amides is 1. The molecule has 2 N–H and O–H groups in total. The Balaban J connectivity index is 1.41. The number of benzene rings is 1. The summed E-state index contributed by atoms with van der Waals surface area (Å²) in [5.74, 6) is 2.22. The van der Waals surface area contributed by atoms with Crippen LogP contribution in [-0.2, 0) is 6.42 Å². The first kappa shape index (κ1) is 16.5. The average Bonchev–Trinajstić information content (AvgIpc) is 3.37. The zero-order chi connectivity index (χ0) is 18.4. The number of nitrogens with one attached hydrogen (secondary N) is 2. The summed E-state index contributed by atoms with van der Waals surface area (Å²) in [6, 6.07) is 7.93. The number of carbonyl (C=O) groups excluding carboxylic acids is 1. The topological polar surface area (TPSA) is 77.7 Å². The maximum absolute atomic E-state index is 13.2. The van der Waals surface area contributed by atoms with Crippen LogP contribution in [0.1, 0.15) is 60.5 Å². The van der Waals surface area contributed by atoms with Gasteiger partial charge in [-0.1, -0.05) is 19.4 Å². The molecule has 3 aromatic rings. The van der Waals surface area contributed by atoms with Gasteiger partial charge in [-0.05, 0) is 48.3 Å². The van der Waals surface area contributed by atoms with Gasteiger partial charge >= 0.3 is 0 Å². The second-order valence-electron chi connectivity index (χ2n) is 8.12. The van der Waals surface area contributed by atoms with E-state index in [1.807, 2.05) is 35.4 Å². The molecule has 27 heavy (non-hydrogen) atoms. The van der Waals surface area contributed by atoms with Crippen LogP contribution in [0.5, 0.6) is 0 Å². The summed E-state index contributed by atoms with van der Waals surface area (Å²) < 4.78 is 0. The maximum atomic E-state index is 13.2. The van der Waals surface area contributed by atoms with Gasteiger partial charge in [-0.3, -0.25) is 9.89 Å². The second-order valence-corrected chi connectivity index (χ2v) is 8.12. The number of nitrogens with zero attached hydrogens (tertiary/aromatic N) is 3. The fourth-order valence-corrected chi connectivity index (χ4v) is 4.79. The van der Waals surface area contributed by atoms with Crippen molar-refractivity contribution in [2.45, 2.75) is 44.9 Å². The molecule has 3 heterocycles. The van der Waals surface area contributed by atoms with Crippen molar-refractivity contribution in [3.8, 4) is 0 Å². The second kappa shape index (κ2) is 6.22. The fourth-order valence-electron chi connectivity index (χ4n) is 4.79. The quantitative estimate of drug-likeness (QED) is 0.743. The minimum atomic E-state index is 0.115. The molecule has 2 aromatic heterocycles. The molecule has 6 nitrogen and oxygen atoms in total. The molecule has 1 unspecified atom stereocenters. The van der Waals surface area contributed by atoms with E-state index in [0.717, 1.165) is 60.3 Å². The zero-order valence-corrected chi connectivity index (χ0v) is 15.7. The number of aryl methyl sites for hydroxylation is 1. The monoisotopic (exact) mass is 363 g/mol. The van der Waals surface area contributed by atoms with E-state index < -0.39 is 0 Å². The molecule has 2 fully saturated rings. The Bertz CT molecular complexity index is 983. The van der Waals surface area contributed by atoms with Crippen molar-refractivity contribution in [2.75, 3.05) is 13.1 Å². The van der Waals surface area contributed by atoms with Crippen LogP contribution in [0.15, 0.2) is 30.5 Å². The molecule has 1 spiro atoms. The number of fused-ring (bicyclic) bond motifs is 1. The van der Waals surface area contributed by atoms with Gasteiger partial charge in [-0.25, -0.2) is 4.98 Å². The van der Waals surface area contributed by atoms with E-state index in [2.05, 4.69) is 22.1 Å². The van der Waals surface area contributed by atoms with E-state index in [9.17, 15) is 4.79 Å². The van der Waals surface area contributed by atoms with Crippen LogP contribution in [0.2, 0.25) is 0 Å².